The number of carbonyl (C=O) groups excluding carboxylic acids is 3. The number of esters is 3. The molecular weight excluding hydrogens is 547 g/mol. The van der Waals surface area contributed by atoms with Gasteiger partial charge in [-0.1, -0.05) is 0 Å². The fourth-order valence-electron chi connectivity index (χ4n) is 3.55. The number of methoxy groups -OCH3 is 3. The van der Waals surface area contributed by atoms with Crippen molar-refractivity contribution in [3.8, 4) is 6.07 Å². The standard InChI is InChI=1S/C26H48N2O11P/c1-21(2)28(22(3)4,38-13-8-12-27)40-39-20-26(17-35-14-9-23(29)32-5,18-36-15-10-24(30)33-6)19-37-16-11-25(31)34-7/h21-22,40H,8-11,13-20H2,1-7H3/q+1. The Labute approximate surface area is 240 Å². The third-order valence-corrected chi connectivity index (χ3v) is 7.62. The molecule has 0 aromatic carbocycles. The van der Waals surface area contributed by atoms with Crippen molar-refractivity contribution in [1.29, 1.82) is 5.26 Å². The van der Waals surface area contributed by atoms with Gasteiger partial charge in [0.2, 0.25) is 0 Å². The number of nitriles is 1. The van der Waals surface area contributed by atoms with Crippen molar-refractivity contribution in [1.82, 2.24) is 0 Å². The molecule has 40 heavy (non-hydrogen) atoms. The van der Waals surface area contributed by atoms with Crippen LogP contribution in [-0.4, -0.2) is 109 Å². The lowest BCUT2D eigenvalue weighted by Crippen LogP contribution is -2.51. The van der Waals surface area contributed by atoms with E-state index >= 15 is 0 Å². The number of hydroxylamine groups is 2. The Hall–Kier alpha value is -1.91. The molecule has 0 amide bonds. The van der Waals surface area contributed by atoms with Gasteiger partial charge in [0, 0.05) is 0 Å². The predicted molar refractivity (Wildman–Crippen MR) is 146 cm³/mol. The molecule has 0 fully saturated rings. The molecule has 0 aliphatic heterocycles. The molecule has 232 valence electrons. The van der Waals surface area contributed by atoms with E-state index in [4.69, 9.17) is 28.8 Å². The minimum Gasteiger partial charge on any atom is -0.469 e. The van der Waals surface area contributed by atoms with Crippen molar-refractivity contribution in [2.24, 2.45) is 5.41 Å². The maximum atomic E-state index is 11.6. The van der Waals surface area contributed by atoms with Crippen molar-refractivity contribution in [3.05, 3.63) is 0 Å². The van der Waals surface area contributed by atoms with Gasteiger partial charge in [-0.2, -0.15) is 10.1 Å². The van der Waals surface area contributed by atoms with E-state index < -0.39 is 23.3 Å². The number of carbonyl (C=O) groups is 3. The molecule has 0 aliphatic rings. The molecule has 0 aromatic heterocycles. The maximum Gasteiger partial charge on any atom is 0.307 e. The van der Waals surface area contributed by atoms with Gasteiger partial charge in [0.1, 0.15) is 18.7 Å². The van der Waals surface area contributed by atoms with Crippen LogP contribution in [0, 0.1) is 16.7 Å². The second kappa shape index (κ2) is 21.8. The second-order valence-corrected chi connectivity index (χ2v) is 10.8. The molecule has 0 heterocycles. The van der Waals surface area contributed by atoms with Gasteiger partial charge in [-0.25, -0.2) is 0 Å². The van der Waals surface area contributed by atoms with Crippen LogP contribution in [0.15, 0.2) is 0 Å². The molecule has 0 saturated carbocycles. The van der Waals surface area contributed by atoms with Gasteiger partial charge in [0.15, 0.2) is 0 Å². The molecular formula is C26H48N2O11P+. The molecule has 0 aromatic rings. The summed E-state index contributed by atoms with van der Waals surface area (Å²) in [5.41, 5.74) is -0.856. The van der Waals surface area contributed by atoms with Crippen LogP contribution in [0.4, 0.5) is 0 Å². The summed E-state index contributed by atoms with van der Waals surface area (Å²) >= 11 is 0. The van der Waals surface area contributed by atoms with E-state index in [1.807, 2.05) is 27.7 Å². The van der Waals surface area contributed by atoms with E-state index in [1.165, 1.54) is 21.3 Å². The van der Waals surface area contributed by atoms with E-state index in [0.717, 1.165) is 0 Å². The third kappa shape index (κ3) is 15.2. The van der Waals surface area contributed by atoms with Gasteiger partial charge in [0.25, 0.3) is 8.96 Å². The van der Waals surface area contributed by atoms with Crippen LogP contribution in [0.5, 0.6) is 0 Å². The molecule has 0 saturated heterocycles. The Morgan fingerprint density at radius 1 is 0.725 bits per heavy atom. The average molecular weight is 596 g/mol. The van der Waals surface area contributed by atoms with Gasteiger partial charge in [0.05, 0.1) is 105 Å². The number of hydrogen-bond acceptors (Lipinski definition) is 12. The highest BCUT2D eigenvalue weighted by molar-refractivity contribution is 7.25. The smallest absolute Gasteiger partial charge is 0.307 e. The quantitative estimate of drug-likeness (QED) is 0.0531. The maximum absolute atomic E-state index is 11.6. The van der Waals surface area contributed by atoms with E-state index in [-0.39, 0.29) is 104 Å². The van der Waals surface area contributed by atoms with Gasteiger partial charge >= 0.3 is 17.9 Å². The molecule has 0 radical (unpaired) electrons. The Kier molecular flexibility index (Phi) is 20.7. The van der Waals surface area contributed by atoms with Crippen molar-refractivity contribution in [2.75, 3.05) is 74.2 Å². The minimum atomic E-state index is -0.856. The lowest BCUT2D eigenvalue weighted by molar-refractivity contribution is -1.04. The molecule has 1 atom stereocenters. The predicted octanol–water partition coefficient (Wildman–Crippen LogP) is 2.72. The van der Waals surface area contributed by atoms with Crippen LogP contribution < -0.4 is 0 Å². The Morgan fingerprint density at radius 3 is 1.45 bits per heavy atom. The highest BCUT2D eigenvalue weighted by Crippen LogP contribution is 2.40. The molecule has 0 bridgehead atoms. The van der Waals surface area contributed by atoms with Crippen LogP contribution in [0.3, 0.4) is 0 Å². The Balaban J connectivity index is 5.76. The number of ether oxygens (including phenoxy) is 6. The Morgan fingerprint density at radius 2 is 1.12 bits per heavy atom. The second-order valence-electron chi connectivity index (χ2n) is 9.65. The third-order valence-electron chi connectivity index (χ3n) is 5.90. The van der Waals surface area contributed by atoms with E-state index in [0.29, 0.717) is 0 Å². The summed E-state index contributed by atoms with van der Waals surface area (Å²) in [7, 11) is 3.77. The van der Waals surface area contributed by atoms with E-state index in [2.05, 4.69) is 20.3 Å². The molecule has 0 aliphatic carbocycles. The summed E-state index contributed by atoms with van der Waals surface area (Å²) < 4.78 is 38.0. The first kappa shape index (κ1) is 38.1. The highest BCUT2D eigenvalue weighted by atomic mass is 31.1. The fraction of sp³-hybridized carbons (Fsp3) is 0.846. The fourth-order valence-corrected chi connectivity index (χ4v) is 4.69. The zero-order valence-electron chi connectivity index (χ0n) is 25.0. The molecule has 1 unspecified atom stereocenters. The SMILES string of the molecule is COC(=O)CCOCC(COCCC(=O)OC)(COCCC(=O)OC)COP[N+](OCCC#N)(C(C)C)C(C)C. The Bertz CT molecular complexity index is 706. The van der Waals surface area contributed by atoms with Crippen LogP contribution in [0.2, 0.25) is 0 Å². The van der Waals surface area contributed by atoms with Gasteiger partial charge < -0.3 is 32.9 Å². The molecule has 0 N–H and O–H groups in total. The number of hydrogen-bond donors (Lipinski definition) is 0. The molecule has 13 nitrogen and oxygen atoms in total. The normalized spacial score (nSPS) is 12.2. The molecule has 0 rings (SSSR count). The number of quaternary nitrogens is 1. The van der Waals surface area contributed by atoms with Gasteiger partial charge in [-0.05, 0) is 27.7 Å². The van der Waals surface area contributed by atoms with Crippen molar-refractivity contribution < 1.29 is 56.6 Å². The molecule has 14 heteroatoms. The van der Waals surface area contributed by atoms with Crippen LogP contribution in [0.25, 0.3) is 0 Å². The van der Waals surface area contributed by atoms with Crippen molar-refractivity contribution in [2.45, 2.75) is 65.5 Å². The molecule has 0 spiro atoms. The van der Waals surface area contributed by atoms with Crippen LogP contribution >= 0.6 is 8.96 Å². The zero-order valence-corrected chi connectivity index (χ0v) is 26.0. The van der Waals surface area contributed by atoms with E-state index in [9.17, 15) is 14.4 Å². The van der Waals surface area contributed by atoms with Crippen LogP contribution in [-0.2, 0) is 52.2 Å². The first-order valence-corrected chi connectivity index (χ1v) is 14.1. The van der Waals surface area contributed by atoms with Crippen molar-refractivity contribution in [3.63, 3.8) is 0 Å². The average Bonchev–Trinajstić information content (AvgIpc) is 2.93. The summed E-state index contributed by atoms with van der Waals surface area (Å²) in [6.07, 6.45) is 0.447. The topological polar surface area (TPSA) is 149 Å². The number of nitrogens with zero attached hydrogens (tertiary/aromatic N) is 2. The summed E-state index contributed by atoms with van der Waals surface area (Å²) in [6, 6.07) is 2.17. The summed E-state index contributed by atoms with van der Waals surface area (Å²) in [4.78, 5) is 40.9. The minimum absolute atomic E-state index is 0.0374. The van der Waals surface area contributed by atoms with Crippen molar-refractivity contribution >= 4 is 26.9 Å². The monoisotopic (exact) mass is 595 g/mol. The lowest BCUT2D eigenvalue weighted by atomic mass is 9.92. The first-order valence-electron chi connectivity index (χ1n) is 13.2. The largest absolute Gasteiger partial charge is 0.469 e. The lowest BCUT2D eigenvalue weighted by Gasteiger charge is -2.41. The summed E-state index contributed by atoms with van der Waals surface area (Å²) in [6.45, 7) is 9.12. The summed E-state index contributed by atoms with van der Waals surface area (Å²) in [5, 5.41) is 8.99. The first-order chi connectivity index (χ1) is 19.0. The van der Waals surface area contributed by atoms with E-state index in [1.54, 1.807) is 0 Å². The summed E-state index contributed by atoms with van der Waals surface area (Å²) in [5.74, 6) is -1.22. The zero-order chi connectivity index (χ0) is 30.4. The highest BCUT2D eigenvalue weighted by Gasteiger charge is 2.41. The van der Waals surface area contributed by atoms with Gasteiger partial charge in [-0.15, -0.1) is 4.42 Å². The van der Waals surface area contributed by atoms with Crippen LogP contribution in [0.1, 0.15) is 53.4 Å². The number of rotatable bonds is 24. The van der Waals surface area contributed by atoms with Gasteiger partial charge in [-0.3, -0.25) is 14.4 Å².